The number of carbonyl (C=O) groups is 2. The van der Waals surface area contributed by atoms with Crippen molar-refractivity contribution in [3.05, 3.63) is 0 Å². The zero-order valence-electron chi connectivity index (χ0n) is 16.2. The van der Waals surface area contributed by atoms with E-state index in [1.54, 1.807) is 0 Å². The van der Waals surface area contributed by atoms with E-state index in [-0.39, 0.29) is 17.8 Å². The van der Waals surface area contributed by atoms with Crippen LogP contribution in [-0.4, -0.2) is 31.3 Å². The summed E-state index contributed by atoms with van der Waals surface area (Å²) < 4.78 is 10.4. The molecular weight excluding hydrogens is 306 g/mol. The van der Waals surface area contributed by atoms with Gasteiger partial charge in [-0.05, 0) is 24.7 Å². The van der Waals surface area contributed by atoms with E-state index < -0.39 is 12.1 Å². The lowest BCUT2D eigenvalue weighted by Crippen LogP contribution is -2.43. The quantitative estimate of drug-likeness (QED) is 0.389. The summed E-state index contributed by atoms with van der Waals surface area (Å²) in [5, 5.41) is 2.64. The Labute approximate surface area is 147 Å². The van der Waals surface area contributed by atoms with Gasteiger partial charge in [0.05, 0.1) is 13.2 Å². The van der Waals surface area contributed by atoms with Crippen molar-refractivity contribution in [2.24, 2.45) is 11.8 Å². The second kappa shape index (κ2) is 14.1. The minimum absolute atomic E-state index is 0.263. The van der Waals surface area contributed by atoms with Gasteiger partial charge >= 0.3 is 12.1 Å². The highest BCUT2D eigenvalue weighted by Gasteiger charge is 2.24. The molecule has 0 aromatic carbocycles. The third-order valence-corrected chi connectivity index (χ3v) is 3.57. The molecule has 0 fully saturated rings. The van der Waals surface area contributed by atoms with Gasteiger partial charge in [-0.3, -0.25) is 0 Å². The highest BCUT2D eigenvalue weighted by atomic mass is 16.6. The number of rotatable bonds is 13. The number of ether oxygens (including phenoxy) is 2. The maximum Gasteiger partial charge on any atom is 0.407 e. The largest absolute Gasteiger partial charge is 0.464 e. The Kier molecular flexibility index (Phi) is 13.4. The normalized spacial score (nSPS) is 12.3. The molecule has 0 saturated carbocycles. The lowest BCUT2D eigenvalue weighted by molar-refractivity contribution is -0.146. The van der Waals surface area contributed by atoms with Gasteiger partial charge in [0.2, 0.25) is 0 Å². The molecule has 1 unspecified atom stereocenters. The van der Waals surface area contributed by atoms with Gasteiger partial charge in [-0.25, -0.2) is 9.59 Å². The first-order chi connectivity index (χ1) is 11.4. The SMILES string of the molecule is CCCCCCCCOC(=O)C(CC(C)C)NC(=O)OCC(C)C. The number of unbranched alkanes of at least 4 members (excludes halogenated alkanes) is 5. The first-order valence-electron chi connectivity index (χ1n) is 9.46. The minimum atomic E-state index is -0.634. The highest BCUT2D eigenvalue weighted by molar-refractivity contribution is 5.81. The molecule has 0 aromatic heterocycles. The van der Waals surface area contributed by atoms with Crippen LogP contribution in [0.1, 0.15) is 79.6 Å². The van der Waals surface area contributed by atoms with Crippen molar-refractivity contribution in [1.82, 2.24) is 5.32 Å². The van der Waals surface area contributed by atoms with E-state index in [1.807, 2.05) is 27.7 Å². The van der Waals surface area contributed by atoms with Gasteiger partial charge in [0.1, 0.15) is 6.04 Å². The average molecular weight is 344 g/mol. The topological polar surface area (TPSA) is 64.6 Å². The fraction of sp³-hybridized carbons (Fsp3) is 0.895. The number of hydrogen-bond acceptors (Lipinski definition) is 4. The number of carbonyl (C=O) groups excluding carboxylic acids is 2. The summed E-state index contributed by atoms with van der Waals surface area (Å²) in [6, 6.07) is -0.634. The van der Waals surface area contributed by atoms with Gasteiger partial charge < -0.3 is 14.8 Å². The molecule has 0 aliphatic rings. The van der Waals surface area contributed by atoms with Crippen LogP contribution in [-0.2, 0) is 14.3 Å². The first kappa shape index (κ1) is 22.7. The first-order valence-corrected chi connectivity index (χ1v) is 9.46. The van der Waals surface area contributed by atoms with Crippen LogP contribution in [0.25, 0.3) is 0 Å². The molecule has 1 amide bonds. The summed E-state index contributed by atoms with van der Waals surface area (Å²) in [4.78, 5) is 24.0. The van der Waals surface area contributed by atoms with E-state index in [2.05, 4.69) is 12.2 Å². The molecule has 1 atom stereocenters. The van der Waals surface area contributed by atoms with E-state index >= 15 is 0 Å². The molecule has 24 heavy (non-hydrogen) atoms. The Hall–Kier alpha value is -1.26. The second-order valence-electron chi connectivity index (χ2n) is 7.25. The highest BCUT2D eigenvalue weighted by Crippen LogP contribution is 2.09. The van der Waals surface area contributed by atoms with Gasteiger partial charge in [0.25, 0.3) is 0 Å². The van der Waals surface area contributed by atoms with Crippen molar-refractivity contribution in [3.63, 3.8) is 0 Å². The van der Waals surface area contributed by atoms with E-state index in [0.717, 1.165) is 12.8 Å². The van der Waals surface area contributed by atoms with E-state index in [4.69, 9.17) is 9.47 Å². The zero-order valence-corrected chi connectivity index (χ0v) is 16.2. The Balaban J connectivity index is 4.13. The fourth-order valence-electron chi connectivity index (χ4n) is 2.27. The number of hydrogen-bond donors (Lipinski definition) is 1. The van der Waals surface area contributed by atoms with Crippen molar-refractivity contribution in [2.45, 2.75) is 85.6 Å². The molecule has 0 rings (SSSR count). The molecule has 0 aliphatic carbocycles. The molecule has 0 radical (unpaired) electrons. The lowest BCUT2D eigenvalue weighted by atomic mass is 10.0. The summed E-state index contributed by atoms with van der Waals surface area (Å²) in [6.45, 7) is 10.9. The van der Waals surface area contributed by atoms with Crippen LogP contribution >= 0.6 is 0 Å². The molecule has 0 bridgehead atoms. The summed E-state index contributed by atoms with van der Waals surface area (Å²) in [5.74, 6) is 0.180. The molecule has 0 saturated heterocycles. The second-order valence-corrected chi connectivity index (χ2v) is 7.25. The standard InChI is InChI=1S/C19H37NO4/c1-6-7-8-9-10-11-12-23-18(21)17(13-15(2)3)20-19(22)24-14-16(4)5/h15-17H,6-14H2,1-5H3,(H,20,22). The number of nitrogens with one attached hydrogen (secondary N) is 1. The molecule has 142 valence electrons. The van der Waals surface area contributed by atoms with Crippen LogP contribution in [0, 0.1) is 11.8 Å². The Bertz CT molecular complexity index is 342. The minimum Gasteiger partial charge on any atom is -0.464 e. The van der Waals surface area contributed by atoms with Gasteiger partial charge in [-0.2, -0.15) is 0 Å². The predicted octanol–water partition coefficient (Wildman–Crippen LogP) is 4.69. The third kappa shape index (κ3) is 13.2. The van der Waals surface area contributed by atoms with Crippen molar-refractivity contribution in [2.75, 3.05) is 13.2 Å². The Morgan fingerprint density at radius 1 is 0.875 bits per heavy atom. The molecular formula is C19H37NO4. The summed E-state index contributed by atoms with van der Waals surface area (Å²) in [6.07, 6.45) is 6.86. The molecule has 0 aliphatic heterocycles. The predicted molar refractivity (Wildman–Crippen MR) is 96.9 cm³/mol. The fourth-order valence-corrected chi connectivity index (χ4v) is 2.27. The molecule has 1 N–H and O–H groups in total. The summed E-state index contributed by atoms with van der Waals surface area (Å²) >= 11 is 0. The van der Waals surface area contributed by atoms with Crippen LogP contribution in [0.15, 0.2) is 0 Å². The molecule has 5 heteroatoms. The Morgan fingerprint density at radius 3 is 2.08 bits per heavy atom. The van der Waals surface area contributed by atoms with Crippen LogP contribution in [0.5, 0.6) is 0 Å². The van der Waals surface area contributed by atoms with Crippen molar-refractivity contribution < 1.29 is 19.1 Å². The van der Waals surface area contributed by atoms with Crippen LogP contribution in [0.3, 0.4) is 0 Å². The maximum absolute atomic E-state index is 12.2. The maximum atomic E-state index is 12.2. The van der Waals surface area contributed by atoms with E-state index in [1.165, 1.54) is 25.7 Å². The summed E-state index contributed by atoms with van der Waals surface area (Å²) in [7, 11) is 0. The van der Waals surface area contributed by atoms with E-state index in [9.17, 15) is 9.59 Å². The van der Waals surface area contributed by atoms with Crippen molar-refractivity contribution in [3.8, 4) is 0 Å². The lowest BCUT2D eigenvalue weighted by Gasteiger charge is -2.19. The number of amides is 1. The van der Waals surface area contributed by atoms with Gasteiger partial charge in [-0.15, -0.1) is 0 Å². The van der Waals surface area contributed by atoms with Crippen molar-refractivity contribution in [1.29, 1.82) is 0 Å². The molecule has 0 spiro atoms. The number of esters is 1. The Morgan fingerprint density at radius 2 is 1.50 bits per heavy atom. The van der Waals surface area contributed by atoms with Gasteiger partial charge in [0, 0.05) is 0 Å². The molecule has 5 nitrogen and oxygen atoms in total. The smallest absolute Gasteiger partial charge is 0.407 e. The molecule has 0 heterocycles. The number of alkyl carbamates (subject to hydrolysis) is 1. The van der Waals surface area contributed by atoms with Crippen LogP contribution in [0.2, 0.25) is 0 Å². The monoisotopic (exact) mass is 343 g/mol. The third-order valence-electron chi connectivity index (χ3n) is 3.57. The van der Waals surface area contributed by atoms with Crippen molar-refractivity contribution >= 4 is 12.1 Å². The van der Waals surface area contributed by atoms with Crippen LogP contribution in [0.4, 0.5) is 4.79 Å². The average Bonchev–Trinajstić information content (AvgIpc) is 2.50. The van der Waals surface area contributed by atoms with Gasteiger partial charge in [0.15, 0.2) is 0 Å². The summed E-state index contributed by atoms with van der Waals surface area (Å²) in [5.41, 5.74) is 0. The molecule has 0 aromatic rings. The van der Waals surface area contributed by atoms with Crippen LogP contribution < -0.4 is 5.32 Å². The van der Waals surface area contributed by atoms with Gasteiger partial charge in [-0.1, -0.05) is 66.7 Å². The zero-order chi connectivity index (χ0) is 18.4. The van der Waals surface area contributed by atoms with E-state index in [0.29, 0.717) is 19.6 Å².